The highest BCUT2D eigenvalue weighted by molar-refractivity contribution is 7.39. The molecule has 2 N–H and O–H groups in total. The summed E-state index contributed by atoms with van der Waals surface area (Å²) < 4.78 is 65.8. The van der Waals surface area contributed by atoms with Crippen molar-refractivity contribution in [1.29, 1.82) is 0 Å². The fourth-order valence-electron chi connectivity index (χ4n) is 8.52. The summed E-state index contributed by atoms with van der Waals surface area (Å²) >= 11 is 0. The number of methoxy groups -OCH3 is 2. The number of hydrogen-bond acceptors (Lipinski definition) is 15. The van der Waals surface area contributed by atoms with Gasteiger partial charge < -0.3 is 43.0 Å². The number of rotatable bonds is 19. The van der Waals surface area contributed by atoms with Gasteiger partial charge in [0.05, 0.1) is 33.3 Å². The Morgan fingerprint density at radius 3 is 2.19 bits per heavy atom. The molecule has 9 rings (SSSR count). The number of nitrogens with zero attached hydrogens (tertiary/aromatic N) is 5. The van der Waals surface area contributed by atoms with Gasteiger partial charge in [-0.2, -0.15) is 0 Å². The first-order chi connectivity index (χ1) is 34.0. The van der Waals surface area contributed by atoms with E-state index in [0.717, 1.165) is 16.7 Å². The van der Waals surface area contributed by atoms with Crippen LogP contribution < -0.4 is 26.0 Å². The number of H-pyrrole nitrogens is 1. The third kappa shape index (κ3) is 10.2. The van der Waals surface area contributed by atoms with Crippen LogP contribution >= 0.6 is 8.03 Å². The van der Waals surface area contributed by atoms with Crippen LogP contribution in [0, 0.1) is 13.3 Å². The maximum Gasteiger partial charge on any atom is 0.330 e. The zero-order valence-corrected chi connectivity index (χ0v) is 39.6. The molecule has 2 unspecified atom stereocenters. The molecule has 7 aromatic rings. The number of aryl methyl sites for hydroxylation is 1. The van der Waals surface area contributed by atoms with E-state index >= 15 is 0 Å². The normalized spacial score (nSPS) is 20.0. The Bertz CT molecular complexity index is 3000. The molecule has 7 atom stereocenters. The van der Waals surface area contributed by atoms with Gasteiger partial charge in [-0.1, -0.05) is 72.8 Å². The molecule has 1 amide bonds. The van der Waals surface area contributed by atoms with E-state index in [4.69, 9.17) is 37.7 Å². The zero-order valence-electron chi connectivity index (χ0n) is 38.6. The van der Waals surface area contributed by atoms with Crippen molar-refractivity contribution in [1.82, 2.24) is 29.1 Å². The fraction of sp³-hybridized carbons (Fsp3) is 0.300. The van der Waals surface area contributed by atoms with Gasteiger partial charge in [0.1, 0.15) is 47.8 Å². The van der Waals surface area contributed by atoms with Crippen molar-refractivity contribution in [3.63, 3.8) is 0 Å². The number of carbonyl (C=O) groups is 1. The van der Waals surface area contributed by atoms with Crippen LogP contribution in [-0.4, -0.2) is 86.9 Å². The average Bonchev–Trinajstić information content (AvgIpc) is 4.15. The average molecular weight is 973 g/mol. The van der Waals surface area contributed by atoms with Gasteiger partial charge in [-0.15, -0.1) is 0 Å². The first-order valence-electron chi connectivity index (χ1n) is 22.5. The number of carbonyl (C=O) groups excluding carboxylic acids is 1. The lowest BCUT2D eigenvalue weighted by molar-refractivity contribution is -0.149. The zero-order chi connectivity index (χ0) is 48.8. The molecule has 2 fully saturated rings. The van der Waals surface area contributed by atoms with Crippen LogP contribution in [0.3, 0.4) is 0 Å². The van der Waals surface area contributed by atoms with Crippen LogP contribution in [0.4, 0.5) is 5.82 Å². The topological polar surface area (TPSA) is 218 Å². The van der Waals surface area contributed by atoms with Crippen molar-refractivity contribution in [2.45, 2.75) is 69.1 Å². The highest BCUT2D eigenvalue weighted by Gasteiger charge is 2.43. The summed E-state index contributed by atoms with van der Waals surface area (Å²) in [5.41, 5.74) is 1.73. The predicted octanol–water partition coefficient (Wildman–Crippen LogP) is 6.90. The number of benzene rings is 4. The smallest absolute Gasteiger partial charge is 0.330 e. The van der Waals surface area contributed by atoms with Crippen molar-refractivity contribution in [3.8, 4) is 11.5 Å². The lowest BCUT2D eigenvalue weighted by atomic mass is 9.80. The number of aromatic amines is 1. The van der Waals surface area contributed by atoms with Gasteiger partial charge in [0.25, 0.3) is 11.5 Å². The fourth-order valence-corrected chi connectivity index (χ4v) is 9.18. The van der Waals surface area contributed by atoms with Crippen LogP contribution in [0.15, 0.2) is 138 Å². The molecule has 0 bridgehead atoms. The van der Waals surface area contributed by atoms with Crippen molar-refractivity contribution in [2.24, 2.45) is 0 Å². The molecule has 3 aromatic heterocycles. The predicted molar refractivity (Wildman–Crippen MR) is 256 cm³/mol. The van der Waals surface area contributed by atoms with E-state index in [2.05, 4.69) is 25.3 Å². The summed E-state index contributed by atoms with van der Waals surface area (Å²) in [5.74, 6) is 0.294. The van der Waals surface area contributed by atoms with E-state index in [1.165, 1.54) is 17.1 Å². The molecule has 19 nitrogen and oxygen atoms in total. The third-order valence-corrected chi connectivity index (χ3v) is 13.4. The van der Waals surface area contributed by atoms with Gasteiger partial charge >= 0.3 is 5.69 Å². The lowest BCUT2D eigenvalue weighted by Crippen LogP contribution is -2.38. The number of imidazole rings is 1. The number of ether oxygens (including phenoxy) is 7. The van der Waals surface area contributed by atoms with Crippen LogP contribution in [0.1, 0.15) is 64.8 Å². The van der Waals surface area contributed by atoms with Crippen LogP contribution in [0.25, 0.3) is 11.2 Å². The second-order valence-corrected chi connectivity index (χ2v) is 18.3. The molecule has 0 aliphatic carbocycles. The highest BCUT2D eigenvalue weighted by atomic mass is 31.1. The Morgan fingerprint density at radius 2 is 1.51 bits per heavy atom. The Labute approximate surface area is 402 Å². The van der Waals surface area contributed by atoms with E-state index in [9.17, 15) is 18.9 Å². The Morgan fingerprint density at radius 1 is 0.857 bits per heavy atom. The summed E-state index contributed by atoms with van der Waals surface area (Å²) in [6.07, 6.45) is 2.84. The quantitative estimate of drug-likeness (QED) is 0.0479. The van der Waals surface area contributed by atoms with Crippen molar-refractivity contribution < 1.29 is 47.0 Å². The molecule has 1 radical (unpaired) electrons. The molecule has 20 heteroatoms. The number of nitrogens with one attached hydrogen (secondary N) is 2. The first kappa shape index (κ1) is 48.2. The Kier molecular flexibility index (Phi) is 14.8. The molecule has 2 aliphatic rings. The molecule has 0 spiro atoms. The molecule has 2 saturated heterocycles. The molecule has 70 heavy (non-hydrogen) atoms. The van der Waals surface area contributed by atoms with Gasteiger partial charge in [0.2, 0.25) is 8.03 Å². The van der Waals surface area contributed by atoms with Gasteiger partial charge in [-0.05, 0) is 66.9 Å². The summed E-state index contributed by atoms with van der Waals surface area (Å²) in [6, 6.07) is 34.0. The molecule has 4 aromatic carbocycles. The second kappa shape index (κ2) is 21.4. The van der Waals surface area contributed by atoms with E-state index in [-0.39, 0.29) is 24.8 Å². The molecule has 2 aliphatic heterocycles. The standard InChI is InChI=1S/C50H51N7O12P/c1-31-26-56(49(60)55-47(31)58)41-23-24-43(69-41)67-32(2)70(61)66-30-64-39-25-42(57-29-53-44-45(51-28-52-46(44)57)54-48(59)33-11-7-5-8-12-33)68-40(39)27-65-50(34-13-9-6-10-14-34,35-15-19-37(62-3)20-16-35)36-17-21-38(63-4)22-18-36/h5-22,24,26,28-29,32,39-43,70H,23,25,27,30H2,1-4H3,(H,55,58,60)(H,51,52,54,59)/t32?,39-,40-,41-,42-,43+/m1/s1. The Balaban J connectivity index is 0.967. The van der Waals surface area contributed by atoms with E-state index < -0.39 is 68.5 Å². The van der Waals surface area contributed by atoms with Crippen molar-refractivity contribution >= 4 is 30.9 Å². The Hall–Kier alpha value is -6.83. The maximum absolute atomic E-state index is 13.6. The summed E-state index contributed by atoms with van der Waals surface area (Å²) in [5, 5.41) is 2.85. The number of fused-ring (bicyclic) bond motifs is 1. The van der Waals surface area contributed by atoms with E-state index in [1.54, 1.807) is 69.6 Å². The largest absolute Gasteiger partial charge is 0.497 e. The van der Waals surface area contributed by atoms with Gasteiger partial charge in [0.15, 0.2) is 30.1 Å². The minimum atomic E-state index is -2.91. The first-order valence-corrected chi connectivity index (χ1v) is 23.9. The minimum absolute atomic E-state index is 0.0171. The van der Waals surface area contributed by atoms with E-state index in [0.29, 0.717) is 40.2 Å². The number of amides is 1. The molecular formula is C50H51N7O12P. The third-order valence-electron chi connectivity index (χ3n) is 12.2. The maximum atomic E-state index is 13.6. The van der Waals surface area contributed by atoms with Crippen LogP contribution in [0.5, 0.6) is 11.5 Å². The lowest BCUT2D eigenvalue weighted by Gasteiger charge is -2.37. The van der Waals surface area contributed by atoms with Crippen LogP contribution in [-0.2, 0) is 38.4 Å². The van der Waals surface area contributed by atoms with Gasteiger partial charge in [-0.3, -0.25) is 28.3 Å². The number of anilines is 1. The second-order valence-electron chi connectivity index (χ2n) is 16.5. The minimum Gasteiger partial charge on any atom is -0.497 e. The highest BCUT2D eigenvalue weighted by Crippen LogP contribution is 2.44. The molecule has 0 saturated carbocycles. The molecule has 363 valence electrons. The van der Waals surface area contributed by atoms with E-state index in [1.807, 2.05) is 84.9 Å². The summed E-state index contributed by atoms with van der Waals surface area (Å²) in [4.78, 5) is 53.3. The molecule has 5 heterocycles. The van der Waals surface area contributed by atoms with Crippen LogP contribution in [0.2, 0.25) is 0 Å². The molecular weight excluding hydrogens is 922 g/mol. The summed E-state index contributed by atoms with van der Waals surface area (Å²) in [6.45, 7) is 2.77. The monoisotopic (exact) mass is 972 g/mol. The number of hydrogen-bond donors (Lipinski definition) is 2. The number of aromatic nitrogens is 6. The summed E-state index contributed by atoms with van der Waals surface area (Å²) in [7, 11) is 0.311. The van der Waals surface area contributed by atoms with Gasteiger partial charge in [0, 0.05) is 36.6 Å². The van der Waals surface area contributed by atoms with Crippen molar-refractivity contribution in [3.05, 3.63) is 183 Å². The SMILES string of the molecule is COc1ccc(C(OC[C@H]2O[C@@H](n3cnc4c(NC(=O)c5ccccc5)ncnc43)C[C@H]2OCO[PH](=O)C(C)O[C@@H]2[CH]C[C@H](n3cc(C)c(=O)[nH]c3=O)O2)(c2ccccc2)c2ccc(OC)cc2)cc1. The van der Waals surface area contributed by atoms with Crippen molar-refractivity contribution in [2.75, 3.05) is 32.9 Å². The van der Waals surface area contributed by atoms with Gasteiger partial charge in [-0.25, -0.2) is 19.7 Å².